The maximum absolute atomic E-state index is 13.8. The third-order valence-corrected chi connectivity index (χ3v) is 7.46. The van der Waals surface area contributed by atoms with E-state index in [0.717, 1.165) is 5.56 Å². The molecule has 3 N–H and O–H groups in total. The smallest absolute Gasteiger partial charge is 0.420 e. The molecular weight excluding hydrogens is 670 g/mol. The number of amides is 1. The molecule has 1 atom stereocenters. The number of carbonyl (C=O) groups excluding carboxylic acids is 1. The maximum Gasteiger partial charge on any atom is 0.487 e. The molecule has 0 aliphatic carbocycles. The van der Waals surface area contributed by atoms with Gasteiger partial charge in [-0.3, -0.25) is 9.35 Å². The standard InChI is InChI=1S/C23H18ClF4N5O3.C7H8O3S/c1-12(10-34)33-19-17(14-8-29-11-30-9-14)6-13(7-18(19)32-21(33)20(25)26)22(35)31-15-2-4-16(5-3-15)36-23(24,27)28;1-6-2-4-7(5-3-6)11(8,9)10/h2-9,11-12,20,34H,10H2,1H3,(H,31,35);2-5H,1H3,(H,8,9,10)/t12-;/m1./s1. The molecule has 2 heterocycles. The summed E-state index contributed by atoms with van der Waals surface area (Å²) in [7, 11) is -4.02. The Morgan fingerprint density at radius 3 is 2.21 bits per heavy atom. The first-order valence-electron chi connectivity index (χ1n) is 13.5. The van der Waals surface area contributed by atoms with Gasteiger partial charge in [-0.1, -0.05) is 17.7 Å². The van der Waals surface area contributed by atoms with Gasteiger partial charge in [0.2, 0.25) is 0 Å². The number of nitrogens with one attached hydrogen (secondary N) is 1. The number of fused-ring (bicyclic) bond motifs is 1. The number of aryl methyl sites for hydroxylation is 1. The van der Waals surface area contributed by atoms with Gasteiger partial charge in [0, 0.05) is 46.4 Å². The number of aliphatic hydroxyl groups is 1. The number of alkyl halides is 5. The zero-order valence-corrected chi connectivity index (χ0v) is 26.1. The Labute approximate surface area is 270 Å². The molecule has 0 spiro atoms. The molecule has 5 rings (SSSR count). The number of benzene rings is 3. The lowest BCUT2D eigenvalue weighted by Crippen LogP contribution is -2.16. The first-order valence-corrected chi connectivity index (χ1v) is 15.3. The van der Waals surface area contributed by atoms with E-state index in [1.807, 2.05) is 6.92 Å². The highest BCUT2D eigenvalue weighted by Crippen LogP contribution is 2.35. The minimum Gasteiger partial charge on any atom is -0.420 e. The molecule has 0 unspecified atom stereocenters. The number of aliphatic hydroxyl groups excluding tert-OH is 1. The van der Waals surface area contributed by atoms with Crippen molar-refractivity contribution in [2.24, 2.45) is 0 Å². The van der Waals surface area contributed by atoms with E-state index in [1.54, 1.807) is 19.1 Å². The fourth-order valence-corrected chi connectivity index (χ4v) is 4.94. The van der Waals surface area contributed by atoms with E-state index in [4.69, 9.17) is 16.2 Å². The van der Waals surface area contributed by atoms with Crippen LogP contribution in [0.2, 0.25) is 0 Å². The van der Waals surface area contributed by atoms with Gasteiger partial charge in [-0.2, -0.15) is 8.42 Å². The van der Waals surface area contributed by atoms with Crippen molar-refractivity contribution in [2.75, 3.05) is 11.9 Å². The van der Waals surface area contributed by atoms with E-state index in [9.17, 15) is 35.9 Å². The number of anilines is 1. The summed E-state index contributed by atoms with van der Waals surface area (Å²) in [6.07, 6.45) is 1.27. The summed E-state index contributed by atoms with van der Waals surface area (Å²) in [4.78, 5) is 24.9. The van der Waals surface area contributed by atoms with E-state index in [-0.39, 0.29) is 32.9 Å². The Hall–Kier alpha value is -4.64. The number of rotatable bonds is 9. The average molecular weight is 696 g/mol. The number of hydrogen-bond acceptors (Lipinski definition) is 8. The zero-order chi connectivity index (χ0) is 34.5. The summed E-state index contributed by atoms with van der Waals surface area (Å²) in [5.41, 5.74) is -1.42. The predicted molar refractivity (Wildman–Crippen MR) is 164 cm³/mol. The van der Waals surface area contributed by atoms with Gasteiger partial charge in [-0.25, -0.2) is 23.7 Å². The predicted octanol–water partition coefficient (Wildman–Crippen LogP) is 6.65. The number of halogens is 5. The minimum atomic E-state index is -4.02. The van der Waals surface area contributed by atoms with Crippen molar-refractivity contribution in [1.82, 2.24) is 19.5 Å². The van der Waals surface area contributed by atoms with E-state index in [1.165, 1.54) is 71.8 Å². The van der Waals surface area contributed by atoms with Gasteiger partial charge in [-0.05, 0) is 62.4 Å². The highest BCUT2D eigenvalue weighted by Gasteiger charge is 2.28. The molecule has 11 nitrogen and oxygen atoms in total. The molecule has 0 fully saturated rings. The van der Waals surface area contributed by atoms with Crippen LogP contribution >= 0.6 is 11.6 Å². The van der Waals surface area contributed by atoms with Crippen LogP contribution in [0.5, 0.6) is 5.75 Å². The molecule has 0 saturated carbocycles. The molecule has 0 aliphatic heterocycles. The van der Waals surface area contributed by atoms with Crippen LogP contribution in [0, 0.1) is 6.92 Å². The monoisotopic (exact) mass is 695 g/mol. The van der Waals surface area contributed by atoms with Crippen molar-refractivity contribution >= 4 is 44.3 Å². The van der Waals surface area contributed by atoms with E-state index in [2.05, 4.69) is 25.0 Å². The van der Waals surface area contributed by atoms with Crippen LogP contribution in [0.4, 0.5) is 23.2 Å². The van der Waals surface area contributed by atoms with Crippen LogP contribution in [0.25, 0.3) is 22.2 Å². The van der Waals surface area contributed by atoms with Gasteiger partial charge in [0.15, 0.2) is 5.82 Å². The highest BCUT2D eigenvalue weighted by atomic mass is 35.5. The van der Waals surface area contributed by atoms with Gasteiger partial charge in [0.1, 0.15) is 12.1 Å². The SMILES string of the molecule is C[C@H](CO)n1c(C(F)F)nc2cc(C(=O)Nc3ccc(OC(F)(F)Cl)cc3)cc(-c3cncnc3)c21.Cc1ccc(S(=O)(=O)O)cc1. The second kappa shape index (κ2) is 14.4. The van der Waals surface area contributed by atoms with Crippen molar-refractivity contribution < 1.29 is 45.2 Å². The van der Waals surface area contributed by atoms with Gasteiger partial charge >= 0.3 is 5.57 Å². The van der Waals surface area contributed by atoms with Crippen LogP contribution in [0.1, 0.15) is 41.1 Å². The Balaban J connectivity index is 0.000000385. The highest BCUT2D eigenvalue weighted by molar-refractivity contribution is 7.85. The summed E-state index contributed by atoms with van der Waals surface area (Å²) >= 11 is 4.74. The fraction of sp³-hybridized carbons (Fsp3) is 0.200. The Kier molecular flexibility index (Phi) is 10.8. The van der Waals surface area contributed by atoms with Crippen LogP contribution in [-0.2, 0) is 10.1 Å². The van der Waals surface area contributed by atoms with Crippen LogP contribution in [0.15, 0.2) is 84.3 Å². The summed E-state index contributed by atoms with van der Waals surface area (Å²) in [6, 6.07) is 13.1. The quantitative estimate of drug-likeness (QED) is 0.0873. The normalized spacial score (nSPS) is 12.4. The van der Waals surface area contributed by atoms with Crippen molar-refractivity contribution in [2.45, 2.75) is 36.8 Å². The molecule has 0 aliphatic rings. The first-order chi connectivity index (χ1) is 22.1. The molecule has 3 aromatic carbocycles. The van der Waals surface area contributed by atoms with E-state index >= 15 is 0 Å². The largest absolute Gasteiger partial charge is 0.487 e. The Morgan fingerprint density at radius 1 is 1.06 bits per heavy atom. The lowest BCUT2D eigenvalue weighted by Gasteiger charge is -2.17. The van der Waals surface area contributed by atoms with Crippen LogP contribution in [-0.4, -0.2) is 55.7 Å². The van der Waals surface area contributed by atoms with Gasteiger partial charge in [0.05, 0.1) is 28.6 Å². The summed E-state index contributed by atoms with van der Waals surface area (Å²) < 4.78 is 88.3. The third kappa shape index (κ3) is 9.00. The first kappa shape index (κ1) is 35.2. The molecule has 0 radical (unpaired) electrons. The zero-order valence-electron chi connectivity index (χ0n) is 24.5. The Morgan fingerprint density at radius 2 is 1.68 bits per heavy atom. The molecule has 17 heteroatoms. The van der Waals surface area contributed by atoms with E-state index < -0.39 is 46.5 Å². The molecule has 0 saturated heterocycles. The molecule has 248 valence electrons. The molecule has 0 bridgehead atoms. The van der Waals surface area contributed by atoms with Crippen LogP contribution in [0.3, 0.4) is 0 Å². The maximum atomic E-state index is 13.8. The fourth-order valence-electron chi connectivity index (χ4n) is 4.37. The molecule has 1 amide bonds. The Bertz CT molecular complexity index is 1960. The molecule has 47 heavy (non-hydrogen) atoms. The number of aromatic nitrogens is 4. The van der Waals surface area contributed by atoms with E-state index in [0.29, 0.717) is 11.1 Å². The average Bonchev–Trinajstić information content (AvgIpc) is 3.41. The number of hydrogen-bond donors (Lipinski definition) is 3. The van der Waals surface area contributed by atoms with Gasteiger partial charge in [-0.15, -0.1) is 8.78 Å². The van der Waals surface area contributed by atoms with Crippen molar-refractivity contribution in [3.05, 3.63) is 96.3 Å². The minimum absolute atomic E-state index is 0.0666. The van der Waals surface area contributed by atoms with Gasteiger partial charge in [0.25, 0.3) is 22.5 Å². The second-order valence-electron chi connectivity index (χ2n) is 10.0. The van der Waals surface area contributed by atoms with Gasteiger partial charge < -0.3 is 19.7 Å². The number of imidazole rings is 1. The number of ether oxygens (including phenoxy) is 1. The molecular formula is C30H26ClF4N5O6S. The number of nitrogens with zero attached hydrogens (tertiary/aromatic N) is 4. The second-order valence-corrected chi connectivity index (χ2v) is 11.9. The molecule has 5 aromatic rings. The third-order valence-electron chi connectivity index (χ3n) is 6.51. The van der Waals surface area contributed by atoms with Crippen molar-refractivity contribution in [3.8, 4) is 16.9 Å². The van der Waals surface area contributed by atoms with Crippen LogP contribution < -0.4 is 10.1 Å². The topological polar surface area (TPSA) is 157 Å². The summed E-state index contributed by atoms with van der Waals surface area (Å²) in [5.74, 6) is -1.40. The lowest BCUT2D eigenvalue weighted by atomic mass is 10.0. The van der Waals surface area contributed by atoms with Crippen molar-refractivity contribution in [1.29, 1.82) is 0 Å². The van der Waals surface area contributed by atoms with Crippen molar-refractivity contribution in [3.63, 3.8) is 0 Å². The molecule has 2 aromatic heterocycles. The lowest BCUT2D eigenvalue weighted by molar-refractivity contribution is -0.0964. The number of carbonyl (C=O) groups is 1. The summed E-state index contributed by atoms with van der Waals surface area (Å²) in [6.45, 7) is 2.98. The summed E-state index contributed by atoms with van der Waals surface area (Å²) in [5, 5.41) is 12.3.